The van der Waals surface area contributed by atoms with Gasteiger partial charge in [-0.2, -0.15) is 0 Å². The third-order valence-corrected chi connectivity index (χ3v) is 4.19. The topological polar surface area (TPSA) is 35.2 Å². The summed E-state index contributed by atoms with van der Waals surface area (Å²) in [6.07, 6.45) is 0. The molecule has 2 N–H and O–H groups in total. The molecule has 0 aliphatic rings. The van der Waals surface area contributed by atoms with E-state index in [-0.39, 0.29) is 0 Å². The molecule has 0 atom stereocenters. The van der Waals surface area contributed by atoms with Crippen LogP contribution in [0.15, 0.2) is 34.8 Å². The summed E-state index contributed by atoms with van der Waals surface area (Å²) in [5, 5.41) is 0.792. The van der Waals surface area contributed by atoms with Gasteiger partial charge in [-0.15, -0.1) is 0 Å². The number of benzene rings is 2. The van der Waals surface area contributed by atoms with Gasteiger partial charge in [0.15, 0.2) is 0 Å². The molecule has 0 aliphatic carbocycles. The van der Waals surface area contributed by atoms with Crippen LogP contribution in [0.5, 0.6) is 5.75 Å². The first-order chi connectivity index (χ1) is 8.97. The van der Waals surface area contributed by atoms with Gasteiger partial charge in [-0.3, -0.25) is 0 Å². The van der Waals surface area contributed by atoms with Crippen molar-refractivity contribution in [3.8, 4) is 5.75 Å². The van der Waals surface area contributed by atoms with Gasteiger partial charge in [-0.05, 0) is 70.7 Å². The maximum absolute atomic E-state index is 6.13. The van der Waals surface area contributed by atoms with Crippen LogP contribution in [0.25, 0.3) is 0 Å². The average molecular weight is 341 g/mol. The van der Waals surface area contributed by atoms with E-state index in [1.807, 2.05) is 44.2 Å². The zero-order chi connectivity index (χ0) is 14.0. The first-order valence-corrected chi connectivity index (χ1v) is 7.08. The number of hydrogen-bond donors (Lipinski definition) is 1. The molecule has 4 heteroatoms. The number of ether oxygens (including phenoxy) is 1. The fraction of sp³-hybridized carbons (Fsp3) is 0.200. The van der Waals surface area contributed by atoms with Gasteiger partial charge in [0.05, 0.1) is 0 Å². The molecule has 0 amide bonds. The molecule has 0 bridgehead atoms. The normalized spacial score (nSPS) is 10.5. The van der Waals surface area contributed by atoms with Crippen molar-refractivity contribution in [3.05, 3.63) is 56.5 Å². The standard InChI is InChI=1S/C15H15BrClNO/c1-9-5-12(6-10(2)15(9)17)19-8-11-3-4-13(16)14(18)7-11/h3-7H,8,18H2,1-2H3. The summed E-state index contributed by atoms with van der Waals surface area (Å²) in [5.74, 6) is 0.820. The monoisotopic (exact) mass is 339 g/mol. The molecule has 2 aromatic rings. The van der Waals surface area contributed by atoms with Crippen molar-refractivity contribution in [2.24, 2.45) is 0 Å². The highest BCUT2D eigenvalue weighted by Crippen LogP contribution is 2.27. The lowest BCUT2D eigenvalue weighted by molar-refractivity contribution is 0.306. The lowest BCUT2D eigenvalue weighted by atomic mass is 10.1. The van der Waals surface area contributed by atoms with Crippen LogP contribution < -0.4 is 10.5 Å². The first kappa shape index (κ1) is 14.2. The van der Waals surface area contributed by atoms with Gasteiger partial charge in [0.25, 0.3) is 0 Å². The van der Waals surface area contributed by atoms with E-state index in [1.54, 1.807) is 0 Å². The maximum atomic E-state index is 6.13. The number of hydrogen-bond acceptors (Lipinski definition) is 2. The molecule has 19 heavy (non-hydrogen) atoms. The molecule has 2 nitrogen and oxygen atoms in total. The van der Waals surface area contributed by atoms with Crippen LogP contribution in [0.3, 0.4) is 0 Å². The summed E-state index contributed by atoms with van der Waals surface area (Å²) in [5.41, 5.74) is 9.62. The predicted octanol–water partition coefficient (Wildman–Crippen LogP) is 4.88. The van der Waals surface area contributed by atoms with Crippen molar-refractivity contribution < 1.29 is 4.74 Å². The molecular formula is C15H15BrClNO. The largest absolute Gasteiger partial charge is 0.489 e. The van der Waals surface area contributed by atoms with E-state index in [0.717, 1.165) is 31.9 Å². The number of anilines is 1. The summed E-state index contributed by atoms with van der Waals surface area (Å²) in [6, 6.07) is 9.69. The molecule has 2 rings (SSSR count). The predicted molar refractivity (Wildman–Crippen MR) is 83.8 cm³/mol. The number of halogens is 2. The summed E-state index contributed by atoms with van der Waals surface area (Å²) in [6.45, 7) is 4.43. The molecule has 0 unspecified atom stereocenters. The van der Waals surface area contributed by atoms with Crippen LogP contribution in [0.4, 0.5) is 5.69 Å². The Morgan fingerprint density at radius 2 is 1.79 bits per heavy atom. The second kappa shape index (κ2) is 5.85. The van der Waals surface area contributed by atoms with Crippen LogP contribution in [-0.2, 0) is 6.61 Å². The first-order valence-electron chi connectivity index (χ1n) is 5.91. The van der Waals surface area contributed by atoms with Crippen LogP contribution in [-0.4, -0.2) is 0 Å². The molecular weight excluding hydrogens is 326 g/mol. The minimum atomic E-state index is 0.484. The minimum absolute atomic E-state index is 0.484. The maximum Gasteiger partial charge on any atom is 0.120 e. The van der Waals surface area contributed by atoms with Crippen LogP contribution in [0.2, 0.25) is 5.02 Å². The highest BCUT2D eigenvalue weighted by molar-refractivity contribution is 9.10. The Hall–Kier alpha value is -1.19. The Kier molecular flexibility index (Phi) is 4.38. The fourth-order valence-electron chi connectivity index (χ4n) is 1.84. The van der Waals surface area contributed by atoms with Crippen molar-refractivity contribution in [2.45, 2.75) is 20.5 Å². The van der Waals surface area contributed by atoms with Gasteiger partial charge < -0.3 is 10.5 Å². The summed E-state index contributed by atoms with van der Waals surface area (Å²) < 4.78 is 6.67. The van der Waals surface area contributed by atoms with Crippen molar-refractivity contribution in [3.63, 3.8) is 0 Å². The molecule has 0 heterocycles. The van der Waals surface area contributed by atoms with Gasteiger partial charge in [0.2, 0.25) is 0 Å². The second-order valence-electron chi connectivity index (χ2n) is 4.52. The molecule has 0 aromatic heterocycles. The third kappa shape index (κ3) is 3.43. The third-order valence-electron chi connectivity index (χ3n) is 2.88. The van der Waals surface area contributed by atoms with Crippen molar-refractivity contribution >= 4 is 33.2 Å². The van der Waals surface area contributed by atoms with E-state index >= 15 is 0 Å². The Morgan fingerprint density at radius 1 is 1.16 bits per heavy atom. The van der Waals surface area contributed by atoms with Gasteiger partial charge in [-0.25, -0.2) is 0 Å². The quantitative estimate of drug-likeness (QED) is 0.808. The SMILES string of the molecule is Cc1cc(OCc2ccc(Br)c(N)c2)cc(C)c1Cl. The molecule has 2 aromatic carbocycles. The Morgan fingerprint density at radius 3 is 2.37 bits per heavy atom. The number of aryl methyl sites for hydroxylation is 2. The highest BCUT2D eigenvalue weighted by atomic mass is 79.9. The van der Waals surface area contributed by atoms with Crippen LogP contribution in [0.1, 0.15) is 16.7 Å². The molecule has 0 spiro atoms. The van der Waals surface area contributed by atoms with E-state index in [1.165, 1.54) is 0 Å². The number of nitrogen functional groups attached to an aromatic ring is 1. The van der Waals surface area contributed by atoms with E-state index in [0.29, 0.717) is 12.3 Å². The molecule has 0 radical (unpaired) electrons. The minimum Gasteiger partial charge on any atom is -0.489 e. The fourth-order valence-corrected chi connectivity index (χ4v) is 2.19. The van der Waals surface area contributed by atoms with E-state index < -0.39 is 0 Å². The zero-order valence-corrected chi connectivity index (χ0v) is 13.2. The number of rotatable bonds is 3. The Labute approximate surface area is 126 Å². The Bertz CT molecular complexity index is 590. The van der Waals surface area contributed by atoms with Gasteiger partial charge >= 0.3 is 0 Å². The lowest BCUT2D eigenvalue weighted by Gasteiger charge is -2.10. The zero-order valence-electron chi connectivity index (χ0n) is 10.8. The van der Waals surface area contributed by atoms with Gasteiger partial charge in [0, 0.05) is 15.2 Å². The molecule has 100 valence electrons. The highest BCUT2D eigenvalue weighted by Gasteiger charge is 2.04. The van der Waals surface area contributed by atoms with Gasteiger partial charge in [-0.1, -0.05) is 17.7 Å². The molecule has 0 saturated heterocycles. The molecule has 0 saturated carbocycles. The van der Waals surface area contributed by atoms with Crippen molar-refractivity contribution in [1.29, 1.82) is 0 Å². The average Bonchev–Trinajstić information content (AvgIpc) is 2.37. The van der Waals surface area contributed by atoms with E-state index in [4.69, 9.17) is 22.1 Å². The number of nitrogens with two attached hydrogens (primary N) is 1. The Balaban J connectivity index is 2.12. The van der Waals surface area contributed by atoms with E-state index in [2.05, 4.69) is 15.9 Å². The van der Waals surface area contributed by atoms with Gasteiger partial charge in [0.1, 0.15) is 12.4 Å². The summed E-state index contributed by atoms with van der Waals surface area (Å²) >= 11 is 9.50. The molecule has 0 fully saturated rings. The van der Waals surface area contributed by atoms with Crippen molar-refractivity contribution in [1.82, 2.24) is 0 Å². The lowest BCUT2D eigenvalue weighted by Crippen LogP contribution is -1.98. The summed E-state index contributed by atoms with van der Waals surface area (Å²) in [4.78, 5) is 0. The molecule has 0 aliphatic heterocycles. The van der Waals surface area contributed by atoms with Crippen LogP contribution >= 0.6 is 27.5 Å². The smallest absolute Gasteiger partial charge is 0.120 e. The second-order valence-corrected chi connectivity index (χ2v) is 5.75. The van der Waals surface area contributed by atoms with E-state index in [9.17, 15) is 0 Å². The summed E-state index contributed by atoms with van der Waals surface area (Å²) in [7, 11) is 0. The van der Waals surface area contributed by atoms with Crippen molar-refractivity contribution in [2.75, 3.05) is 5.73 Å². The van der Waals surface area contributed by atoms with Crippen LogP contribution in [0, 0.1) is 13.8 Å².